The average molecular weight is 244 g/mol. The zero-order valence-electron chi connectivity index (χ0n) is 11.2. The van der Waals surface area contributed by atoms with E-state index in [4.69, 9.17) is 4.42 Å². The minimum atomic E-state index is 0.162. The maximum Gasteiger partial charge on any atom is 0.101 e. The number of furan rings is 1. The summed E-state index contributed by atoms with van der Waals surface area (Å²) >= 11 is 0. The van der Waals surface area contributed by atoms with Gasteiger partial charge in [-0.3, -0.25) is 4.98 Å². The number of nitrogens with one attached hydrogen (secondary N) is 1. The lowest BCUT2D eigenvalue weighted by atomic mass is 10.0. The van der Waals surface area contributed by atoms with E-state index in [1.807, 2.05) is 25.6 Å². The van der Waals surface area contributed by atoms with Crippen molar-refractivity contribution in [2.24, 2.45) is 0 Å². The molecule has 2 rings (SSSR count). The van der Waals surface area contributed by atoms with Crippen LogP contribution in [0.5, 0.6) is 0 Å². The zero-order chi connectivity index (χ0) is 13.0. The number of rotatable bonds is 5. The maximum absolute atomic E-state index is 5.42. The van der Waals surface area contributed by atoms with E-state index >= 15 is 0 Å². The fourth-order valence-electron chi connectivity index (χ4n) is 2.07. The molecule has 0 radical (unpaired) electrons. The van der Waals surface area contributed by atoms with Crippen molar-refractivity contribution in [2.75, 3.05) is 6.54 Å². The number of aromatic nitrogens is 1. The van der Waals surface area contributed by atoms with E-state index in [9.17, 15) is 0 Å². The van der Waals surface area contributed by atoms with Gasteiger partial charge in [0, 0.05) is 18.0 Å². The lowest BCUT2D eigenvalue weighted by molar-refractivity contribution is 0.523. The highest BCUT2D eigenvalue weighted by Crippen LogP contribution is 2.23. The van der Waals surface area contributed by atoms with Crippen molar-refractivity contribution < 1.29 is 4.42 Å². The molecule has 1 unspecified atom stereocenters. The van der Waals surface area contributed by atoms with Crippen LogP contribution in [0.2, 0.25) is 0 Å². The summed E-state index contributed by atoms with van der Waals surface area (Å²) in [6.45, 7) is 7.17. The third kappa shape index (κ3) is 2.99. The van der Waals surface area contributed by atoms with Crippen molar-refractivity contribution in [3.8, 4) is 0 Å². The number of pyridine rings is 1. The van der Waals surface area contributed by atoms with Gasteiger partial charge >= 0.3 is 0 Å². The summed E-state index contributed by atoms with van der Waals surface area (Å²) in [4.78, 5) is 4.27. The first kappa shape index (κ1) is 12.8. The summed E-state index contributed by atoms with van der Waals surface area (Å²) in [5.74, 6) is 0.939. The molecule has 0 saturated carbocycles. The molecule has 2 heterocycles. The first-order chi connectivity index (χ1) is 8.70. The molecular weight excluding hydrogens is 224 g/mol. The Morgan fingerprint density at radius 2 is 2.06 bits per heavy atom. The van der Waals surface area contributed by atoms with Gasteiger partial charge in [0.25, 0.3) is 0 Å². The summed E-state index contributed by atoms with van der Waals surface area (Å²) in [5, 5.41) is 3.54. The SMILES string of the molecule is CCCNC(c1cncc(C)c1)c1coc(C)c1. The molecule has 1 atom stereocenters. The van der Waals surface area contributed by atoms with Crippen LogP contribution in [0.1, 0.15) is 41.8 Å². The molecule has 0 aliphatic carbocycles. The quantitative estimate of drug-likeness (QED) is 0.876. The topological polar surface area (TPSA) is 38.1 Å². The van der Waals surface area contributed by atoms with E-state index in [-0.39, 0.29) is 6.04 Å². The van der Waals surface area contributed by atoms with Crippen LogP contribution in [0.3, 0.4) is 0 Å². The van der Waals surface area contributed by atoms with E-state index in [0.29, 0.717) is 0 Å². The lowest BCUT2D eigenvalue weighted by Crippen LogP contribution is -2.23. The van der Waals surface area contributed by atoms with Crippen LogP contribution in [0.25, 0.3) is 0 Å². The second-order valence-electron chi connectivity index (χ2n) is 4.67. The Balaban J connectivity index is 2.30. The van der Waals surface area contributed by atoms with E-state index in [1.54, 1.807) is 0 Å². The Labute approximate surface area is 108 Å². The molecule has 0 amide bonds. The van der Waals surface area contributed by atoms with E-state index in [2.05, 4.69) is 36.3 Å². The molecule has 0 spiro atoms. The summed E-state index contributed by atoms with van der Waals surface area (Å²) in [6.07, 6.45) is 6.72. The molecule has 96 valence electrons. The zero-order valence-corrected chi connectivity index (χ0v) is 11.2. The summed E-state index contributed by atoms with van der Waals surface area (Å²) in [6, 6.07) is 4.41. The highest BCUT2D eigenvalue weighted by atomic mass is 16.3. The Morgan fingerprint density at radius 1 is 1.22 bits per heavy atom. The largest absolute Gasteiger partial charge is 0.469 e. The number of aryl methyl sites for hydroxylation is 2. The Morgan fingerprint density at radius 3 is 2.67 bits per heavy atom. The van der Waals surface area contributed by atoms with Crippen LogP contribution in [-0.4, -0.2) is 11.5 Å². The molecular formula is C15H20N2O. The second kappa shape index (κ2) is 5.83. The molecule has 0 aliphatic rings. The molecule has 0 bridgehead atoms. The molecule has 3 nitrogen and oxygen atoms in total. The molecule has 3 heteroatoms. The number of hydrogen-bond donors (Lipinski definition) is 1. The van der Waals surface area contributed by atoms with Crippen molar-refractivity contribution >= 4 is 0 Å². The van der Waals surface area contributed by atoms with E-state index in [0.717, 1.165) is 24.3 Å². The highest BCUT2D eigenvalue weighted by molar-refractivity contribution is 5.30. The van der Waals surface area contributed by atoms with Crippen LogP contribution < -0.4 is 5.32 Å². The standard InChI is InChI=1S/C15H20N2O/c1-4-5-17-15(14-7-12(3)18-10-14)13-6-11(2)8-16-9-13/h6-10,15,17H,4-5H2,1-3H3. The normalized spacial score (nSPS) is 12.6. The molecule has 0 aromatic carbocycles. The molecule has 1 N–H and O–H groups in total. The van der Waals surface area contributed by atoms with Gasteiger partial charge < -0.3 is 9.73 Å². The molecule has 0 saturated heterocycles. The van der Waals surface area contributed by atoms with Gasteiger partial charge in [0.1, 0.15) is 5.76 Å². The van der Waals surface area contributed by atoms with Crippen LogP contribution in [0.4, 0.5) is 0 Å². The number of hydrogen-bond acceptors (Lipinski definition) is 3. The van der Waals surface area contributed by atoms with Gasteiger partial charge in [-0.1, -0.05) is 13.0 Å². The van der Waals surface area contributed by atoms with Crippen LogP contribution in [0.15, 0.2) is 35.2 Å². The fourth-order valence-corrected chi connectivity index (χ4v) is 2.07. The summed E-state index contributed by atoms with van der Waals surface area (Å²) in [7, 11) is 0. The average Bonchev–Trinajstić information content (AvgIpc) is 2.76. The molecule has 2 aromatic rings. The molecule has 0 aliphatic heterocycles. The van der Waals surface area contributed by atoms with Gasteiger partial charge in [-0.05, 0) is 44.0 Å². The van der Waals surface area contributed by atoms with E-state index in [1.165, 1.54) is 11.1 Å². The smallest absolute Gasteiger partial charge is 0.101 e. The van der Waals surface area contributed by atoms with Crippen molar-refractivity contribution in [1.29, 1.82) is 0 Å². The third-order valence-electron chi connectivity index (χ3n) is 2.91. The predicted octanol–water partition coefficient (Wildman–Crippen LogP) is 3.38. The predicted molar refractivity (Wildman–Crippen MR) is 72.6 cm³/mol. The van der Waals surface area contributed by atoms with Crippen LogP contribution >= 0.6 is 0 Å². The van der Waals surface area contributed by atoms with Gasteiger partial charge in [-0.25, -0.2) is 0 Å². The lowest BCUT2D eigenvalue weighted by Gasteiger charge is -2.17. The fraction of sp³-hybridized carbons (Fsp3) is 0.400. The van der Waals surface area contributed by atoms with Crippen LogP contribution in [0, 0.1) is 13.8 Å². The Bertz CT molecular complexity index is 505. The van der Waals surface area contributed by atoms with Gasteiger partial charge in [-0.15, -0.1) is 0 Å². The second-order valence-corrected chi connectivity index (χ2v) is 4.67. The van der Waals surface area contributed by atoms with Crippen molar-refractivity contribution in [3.63, 3.8) is 0 Å². The van der Waals surface area contributed by atoms with Gasteiger partial charge in [0.15, 0.2) is 0 Å². The molecule has 2 aromatic heterocycles. The van der Waals surface area contributed by atoms with Crippen molar-refractivity contribution in [3.05, 3.63) is 53.2 Å². The number of nitrogens with zero attached hydrogens (tertiary/aromatic N) is 1. The summed E-state index contributed by atoms with van der Waals surface area (Å²) < 4.78 is 5.42. The van der Waals surface area contributed by atoms with Crippen molar-refractivity contribution in [2.45, 2.75) is 33.2 Å². The first-order valence-electron chi connectivity index (χ1n) is 6.40. The first-order valence-corrected chi connectivity index (χ1v) is 6.40. The van der Waals surface area contributed by atoms with Gasteiger partial charge in [0.05, 0.1) is 12.3 Å². The minimum absolute atomic E-state index is 0.162. The van der Waals surface area contributed by atoms with Crippen LogP contribution in [-0.2, 0) is 0 Å². The van der Waals surface area contributed by atoms with Gasteiger partial charge in [-0.2, -0.15) is 0 Å². The third-order valence-corrected chi connectivity index (χ3v) is 2.91. The molecule has 0 fully saturated rings. The maximum atomic E-state index is 5.42. The van der Waals surface area contributed by atoms with Gasteiger partial charge in [0.2, 0.25) is 0 Å². The van der Waals surface area contributed by atoms with E-state index < -0.39 is 0 Å². The Kier molecular flexibility index (Phi) is 4.15. The highest BCUT2D eigenvalue weighted by Gasteiger charge is 2.15. The Hall–Kier alpha value is -1.61. The summed E-state index contributed by atoms with van der Waals surface area (Å²) in [5.41, 5.74) is 3.52. The monoisotopic (exact) mass is 244 g/mol. The molecule has 18 heavy (non-hydrogen) atoms. The van der Waals surface area contributed by atoms with Crippen molar-refractivity contribution in [1.82, 2.24) is 10.3 Å². The minimum Gasteiger partial charge on any atom is -0.469 e.